The van der Waals surface area contributed by atoms with Crippen LogP contribution in [0.2, 0.25) is 0 Å². The average molecular weight is 207 g/mol. The number of rotatable bonds is 3. The maximum absolute atomic E-state index is 6.09. The summed E-state index contributed by atoms with van der Waals surface area (Å²) in [6.45, 7) is 1.35. The van der Waals surface area contributed by atoms with E-state index < -0.39 is 0 Å². The molecule has 1 aromatic carbocycles. The van der Waals surface area contributed by atoms with E-state index in [1.807, 2.05) is 18.2 Å². The van der Waals surface area contributed by atoms with Crippen molar-refractivity contribution in [2.75, 3.05) is 20.3 Å². The Morgan fingerprint density at radius 2 is 2.33 bits per heavy atom. The minimum atomic E-state index is 0.0556. The second-order valence-corrected chi connectivity index (χ2v) is 3.90. The fourth-order valence-corrected chi connectivity index (χ4v) is 2.12. The summed E-state index contributed by atoms with van der Waals surface area (Å²) < 4.78 is 10.7. The summed E-state index contributed by atoms with van der Waals surface area (Å²) >= 11 is 0. The van der Waals surface area contributed by atoms with Crippen LogP contribution in [-0.4, -0.2) is 26.4 Å². The number of fused-ring (bicyclic) bond motifs is 1. The monoisotopic (exact) mass is 207 g/mol. The summed E-state index contributed by atoms with van der Waals surface area (Å²) in [5.41, 5.74) is 7.31. The molecule has 3 nitrogen and oxygen atoms in total. The third kappa shape index (κ3) is 2.13. The molecule has 0 bridgehead atoms. The fraction of sp³-hybridized carbons (Fsp3) is 0.500. The van der Waals surface area contributed by atoms with Crippen molar-refractivity contribution in [2.24, 2.45) is 5.73 Å². The van der Waals surface area contributed by atoms with Crippen LogP contribution >= 0.6 is 0 Å². The second kappa shape index (κ2) is 4.64. The fourth-order valence-electron chi connectivity index (χ4n) is 2.12. The lowest BCUT2D eigenvalue weighted by atomic mass is 9.87. The zero-order chi connectivity index (χ0) is 10.7. The van der Waals surface area contributed by atoms with Gasteiger partial charge in [0.15, 0.2) is 0 Å². The zero-order valence-electron chi connectivity index (χ0n) is 8.98. The highest BCUT2D eigenvalue weighted by Crippen LogP contribution is 2.34. The minimum Gasteiger partial charge on any atom is -0.493 e. The summed E-state index contributed by atoms with van der Waals surface area (Å²) in [6.07, 6.45) is 0.974. The van der Waals surface area contributed by atoms with Crippen molar-refractivity contribution in [1.82, 2.24) is 0 Å². The minimum absolute atomic E-state index is 0.0556. The maximum Gasteiger partial charge on any atom is 0.122 e. The van der Waals surface area contributed by atoms with Gasteiger partial charge in [-0.25, -0.2) is 0 Å². The first-order valence-electron chi connectivity index (χ1n) is 5.29. The van der Waals surface area contributed by atoms with E-state index in [0.29, 0.717) is 12.5 Å². The van der Waals surface area contributed by atoms with Gasteiger partial charge >= 0.3 is 0 Å². The van der Waals surface area contributed by atoms with E-state index >= 15 is 0 Å². The van der Waals surface area contributed by atoms with Crippen LogP contribution in [-0.2, 0) is 4.74 Å². The SMILES string of the molecule is COCC(N)C1CCOc2ccccc21. The van der Waals surface area contributed by atoms with Crippen LogP contribution in [0.3, 0.4) is 0 Å². The van der Waals surface area contributed by atoms with Crippen molar-refractivity contribution < 1.29 is 9.47 Å². The normalized spacial score (nSPS) is 21.6. The van der Waals surface area contributed by atoms with Crippen molar-refractivity contribution in [3.05, 3.63) is 29.8 Å². The summed E-state index contributed by atoms with van der Waals surface area (Å²) in [4.78, 5) is 0. The molecule has 0 aliphatic carbocycles. The number of ether oxygens (including phenoxy) is 2. The molecule has 1 aliphatic rings. The molecule has 0 saturated heterocycles. The number of hydrogen-bond acceptors (Lipinski definition) is 3. The molecule has 2 N–H and O–H groups in total. The first-order chi connectivity index (χ1) is 7.33. The lowest BCUT2D eigenvalue weighted by molar-refractivity contribution is 0.157. The topological polar surface area (TPSA) is 44.5 Å². The second-order valence-electron chi connectivity index (χ2n) is 3.90. The van der Waals surface area contributed by atoms with Gasteiger partial charge in [-0.1, -0.05) is 18.2 Å². The molecule has 0 saturated carbocycles. The predicted molar refractivity (Wildman–Crippen MR) is 59.1 cm³/mol. The molecule has 0 amide bonds. The summed E-state index contributed by atoms with van der Waals surface area (Å²) in [6, 6.07) is 8.17. The molecule has 1 aliphatic heterocycles. The van der Waals surface area contributed by atoms with Gasteiger partial charge in [0, 0.05) is 19.1 Å². The smallest absolute Gasteiger partial charge is 0.122 e. The highest BCUT2D eigenvalue weighted by molar-refractivity contribution is 5.38. The zero-order valence-corrected chi connectivity index (χ0v) is 8.98. The van der Waals surface area contributed by atoms with Crippen molar-refractivity contribution in [1.29, 1.82) is 0 Å². The Morgan fingerprint density at radius 1 is 1.53 bits per heavy atom. The molecule has 82 valence electrons. The molecule has 0 fully saturated rings. The standard InChI is InChI=1S/C12H17NO2/c1-14-8-11(13)9-6-7-15-12-5-3-2-4-10(9)12/h2-5,9,11H,6-8,13H2,1H3. The highest BCUT2D eigenvalue weighted by Gasteiger charge is 2.26. The van der Waals surface area contributed by atoms with Crippen LogP contribution in [0.1, 0.15) is 17.9 Å². The number of methoxy groups -OCH3 is 1. The van der Waals surface area contributed by atoms with Crippen LogP contribution in [0.25, 0.3) is 0 Å². The van der Waals surface area contributed by atoms with Crippen LogP contribution in [0.15, 0.2) is 24.3 Å². The van der Waals surface area contributed by atoms with E-state index in [2.05, 4.69) is 6.07 Å². The van der Waals surface area contributed by atoms with Crippen LogP contribution in [0.4, 0.5) is 0 Å². The van der Waals surface area contributed by atoms with Crippen LogP contribution < -0.4 is 10.5 Å². The Morgan fingerprint density at radius 3 is 3.13 bits per heavy atom. The van der Waals surface area contributed by atoms with Gasteiger partial charge in [-0.15, -0.1) is 0 Å². The van der Waals surface area contributed by atoms with Gasteiger partial charge in [0.25, 0.3) is 0 Å². The molecule has 1 aromatic rings. The van der Waals surface area contributed by atoms with E-state index in [0.717, 1.165) is 18.8 Å². The summed E-state index contributed by atoms with van der Waals surface area (Å²) in [5, 5.41) is 0. The van der Waals surface area contributed by atoms with Crippen molar-refractivity contribution in [3.63, 3.8) is 0 Å². The van der Waals surface area contributed by atoms with Gasteiger partial charge in [-0.2, -0.15) is 0 Å². The van der Waals surface area contributed by atoms with Gasteiger partial charge in [-0.05, 0) is 18.1 Å². The molecule has 2 atom stereocenters. The van der Waals surface area contributed by atoms with Crippen molar-refractivity contribution in [2.45, 2.75) is 18.4 Å². The lowest BCUT2D eigenvalue weighted by Gasteiger charge is -2.29. The number of para-hydroxylation sites is 1. The van der Waals surface area contributed by atoms with Crippen LogP contribution in [0.5, 0.6) is 5.75 Å². The molecule has 2 rings (SSSR count). The maximum atomic E-state index is 6.09. The van der Waals surface area contributed by atoms with E-state index in [1.54, 1.807) is 7.11 Å². The predicted octanol–water partition coefficient (Wildman–Crippen LogP) is 1.53. The number of benzene rings is 1. The molecule has 0 radical (unpaired) electrons. The van der Waals surface area contributed by atoms with E-state index in [-0.39, 0.29) is 6.04 Å². The summed E-state index contributed by atoms with van der Waals surface area (Å²) in [7, 11) is 1.69. The highest BCUT2D eigenvalue weighted by atomic mass is 16.5. The molecular formula is C12H17NO2. The Kier molecular flexibility index (Phi) is 3.23. The number of nitrogens with two attached hydrogens (primary N) is 1. The molecular weight excluding hydrogens is 190 g/mol. The third-order valence-electron chi connectivity index (χ3n) is 2.88. The molecule has 3 heteroatoms. The Balaban J connectivity index is 2.21. The van der Waals surface area contributed by atoms with Gasteiger partial charge in [0.1, 0.15) is 5.75 Å². The first kappa shape index (κ1) is 10.5. The quantitative estimate of drug-likeness (QED) is 0.817. The average Bonchev–Trinajstić information content (AvgIpc) is 2.28. The van der Waals surface area contributed by atoms with Crippen molar-refractivity contribution >= 4 is 0 Å². The number of hydrogen-bond donors (Lipinski definition) is 1. The largest absolute Gasteiger partial charge is 0.493 e. The van der Waals surface area contributed by atoms with E-state index in [4.69, 9.17) is 15.2 Å². The third-order valence-corrected chi connectivity index (χ3v) is 2.88. The Labute approximate surface area is 90.2 Å². The molecule has 2 unspecified atom stereocenters. The van der Waals surface area contributed by atoms with Crippen molar-refractivity contribution in [3.8, 4) is 5.75 Å². The van der Waals surface area contributed by atoms with Gasteiger partial charge in [-0.3, -0.25) is 0 Å². The first-order valence-corrected chi connectivity index (χ1v) is 5.29. The summed E-state index contributed by atoms with van der Waals surface area (Å²) in [5.74, 6) is 1.33. The van der Waals surface area contributed by atoms with Gasteiger partial charge in [0.2, 0.25) is 0 Å². The van der Waals surface area contributed by atoms with E-state index in [1.165, 1.54) is 5.56 Å². The molecule has 0 spiro atoms. The Bertz CT molecular complexity index is 327. The van der Waals surface area contributed by atoms with Gasteiger partial charge < -0.3 is 15.2 Å². The van der Waals surface area contributed by atoms with Gasteiger partial charge in [0.05, 0.1) is 13.2 Å². The van der Waals surface area contributed by atoms with E-state index in [9.17, 15) is 0 Å². The Hall–Kier alpha value is -1.06. The molecule has 0 aromatic heterocycles. The lowest BCUT2D eigenvalue weighted by Crippen LogP contribution is -2.35. The van der Waals surface area contributed by atoms with Crippen LogP contribution in [0, 0.1) is 0 Å². The molecule has 1 heterocycles. The molecule has 15 heavy (non-hydrogen) atoms.